The summed E-state index contributed by atoms with van der Waals surface area (Å²) in [5.41, 5.74) is 2.25. The van der Waals surface area contributed by atoms with E-state index in [2.05, 4.69) is 36.7 Å². The number of aromatic hydroxyl groups is 1. The monoisotopic (exact) mass is 383 g/mol. The van der Waals surface area contributed by atoms with Gasteiger partial charge in [-0.05, 0) is 22.0 Å². The Morgan fingerprint density at radius 2 is 2.30 bits per heavy atom. The average Bonchev–Trinajstić information content (AvgIpc) is 2.52. The van der Waals surface area contributed by atoms with Crippen molar-refractivity contribution in [3.8, 4) is 11.5 Å². The van der Waals surface area contributed by atoms with Crippen molar-refractivity contribution in [2.45, 2.75) is 0 Å². The number of ether oxygens (including phenoxy) is 1. The zero-order valence-corrected chi connectivity index (χ0v) is 13.2. The molecule has 0 amide bonds. The molecule has 0 saturated heterocycles. The van der Waals surface area contributed by atoms with Crippen molar-refractivity contribution < 1.29 is 14.8 Å². The van der Waals surface area contributed by atoms with E-state index in [0.29, 0.717) is 11.3 Å². The third kappa shape index (κ3) is 3.63. The second-order valence-corrected chi connectivity index (χ2v) is 4.94. The highest BCUT2D eigenvalue weighted by Crippen LogP contribution is 2.36. The van der Waals surface area contributed by atoms with Crippen molar-refractivity contribution in [2.75, 3.05) is 12.5 Å². The van der Waals surface area contributed by atoms with Crippen molar-refractivity contribution >= 4 is 33.5 Å². The van der Waals surface area contributed by atoms with E-state index in [4.69, 9.17) is 4.74 Å². The first-order valence-corrected chi connectivity index (χ1v) is 6.81. The van der Waals surface area contributed by atoms with Crippen LogP contribution in [0.25, 0.3) is 0 Å². The summed E-state index contributed by atoms with van der Waals surface area (Å²) in [5.74, 6) is -0.621. The summed E-state index contributed by atoms with van der Waals surface area (Å²) in [5, 5.41) is 30.3. The summed E-state index contributed by atoms with van der Waals surface area (Å²) in [7, 11) is 1.27. The first-order valence-electron chi connectivity index (χ1n) is 6.01. The summed E-state index contributed by atoms with van der Waals surface area (Å²) < 4.78 is 5.08. The average molecular weight is 384 g/mol. The highest BCUT2D eigenvalue weighted by molar-refractivity contribution is 9.10. The quantitative estimate of drug-likeness (QED) is 0.404. The van der Waals surface area contributed by atoms with Gasteiger partial charge in [0.05, 0.1) is 30.1 Å². The number of nitrogens with zero attached hydrogens (tertiary/aromatic N) is 3. The molecule has 0 saturated carbocycles. The number of nitro groups is 1. The molecule has 1 aromatic heterocycles. The Kier molecular flexibility index (Phi) is 4.91. The maximum absolute atomic E-state index is 11.3. The van der Waals surface area contributed by atoms with Gasteiger partial charge in [-0.25, -0.2) is 5.10 Å². The van der Waals surface area contributed by atoms with Gasteiger partial charge in [0.25, 0.3) is 5.56 Å². The molecule has 0 bridgehead atoms. The molecule has 0 radical (unpaired) electrons. The fraction of sp³-hybridized carbons (Fsp3) is 0.0833. The van der Waals surface area contributed by atoms with Gasteiger partial charge >= 0.3 is 5.69 Å². The second-order valence-electron chi connectivity index (χ2n) is 4.14. The predicted octanol–water partition coefficient (Wildman–Crippen LogP) is 1.60. The molecule has 3 N–H and O–H groups in total. The van der Waals surface area contributed by atoms with E-state index < -0.39 is 21.9 Å². The van der Waals surface area contributed by atoms with Crippen LogP contribution in [0.1, 0.15) is 5.56 Å². The van der Waals surface area contributed by atoms with Gasteiger partial charge in [0.1, 0.15) is 4.47 Å². The standard InChI is InChI=1S/C12H10BrN5O5/c1-23-9-3-6(2-8(11(9)19)18(21)22)4-14-16-7-5-15-17-12(20)10(7)13/h2-5,19H,1H3,(H2,16,17,20)/b14-4+. The Bertz CT molecular complexity index is 835. The first kappa shape index (κ1) is 16.4. The number of phenolic OH excluding ortho intramolecular Hbond substituents is 1. The van der Waals surface area contributed by atoms with Gasteiger partial charge in [-0.15, -0.1) is 0 Å². The second kappa shape index (κ2) is 6.87. The summed E-state index contributed by atoms with van der Waals surface area (Å²) in [6, 6.07) is 2.51. The van der Waals surface area contributed by atoms with Crippen molar-refractivity contribution in [3.05, 3.63) is 48.8 Å². The SMILES string of the molecule is COc1cc(/C=N/Nc2cn[nH]c(=O)c2Br)cc([N+](=O)[O-])c1O. The zero-order valence-electron chi connectivity index (χ0n) is 11.6. The minimum absolute atomic E-state index is 0.0559. The van der Waals surface area contributed by atoms with Crippen LogP contribution in [0.2, 0.25) is 0 Å². The van der Waals surface area contributed by atoms with E-state index >= 15 is 0 Å². The number of phenols is 1. The smallest absolute Gasteiger partial charge is 0.315 e. The van der Waals surface area contributed by atoms with Gasteiger partial charge in [-0.2, -0.15) is 10.2 Å². The van der Waals surface area contributed by atoms with Gasteiger partial charge in [0, 0.05) is 11.6 Å². The van der Waals surface area contributed by atoms with Crippen LogP contribution < -0.4 is 15.7 Å². The molecule has 0 aliphatic heterocycles. The number of halogens is 1. The molecule has 120 valence electrons. The molecule has 1 heterocycles. The highest BCUT2D eigenvalue weighted by Gasteiger charge is 2.19. The van der Waals surface area contributed by atoms with Crippen LogP contribution in [0.4, 0.5) is 11.4 Å². The number of H-pyrrole nitrogens is 1. The van der Waals surface area contributed by atoms with Crippen LogP contribution in [0.5, 0.6) is 11.5 Å². The molecule has 1 aromatic carbocycles. The summed E-state index contributed by atoms with van der Waals surface area (Å²) in [6.07, 6.45) is 2.60. The lowest BCUT2D eigenvalue weighted by Crippen LogP contribution is -2.10. The Balaban J connectivity index is 2.29. The number of rotatable bonds is 5. The number of nitrogens with one attached hydrogen (secondary N) is 2. The first-order chi connectivity index (χ1) is 10.9. The van der Waals surface area contributed by atoms with Gasteiger partial charge in [0.15, 0.2) is 5.75 Å². The lowest BCUT2D eigenvalue weighted by Gasteiger charge is -2.05. The molecular weight excluding hydrogens is 374 g/mol. The summed E-state index contributed by atoms with van der Waals surface area (Å²) in [4.78, 5) is 21.5. The van der Waals surface area contributed by atoms with Crippen LogP contribution in [-0.2, 0) is 0 Å². The number of methoxy groups -OCH3 is 1. The Labute approximate surface area is 137 Å². The molecule has 10 nitrogen and oxygen atoms in total. The number of benzene rings is 1. The maximum Gasteiger partial charge on any atom is 0.315 e. The van der Waals surface area contributed by atoms with E-state index in [1.807, 2.05) is 0 Å². The Morgan fingerprint density at radius 3 is 2.96 bits per heavy atom. The molecule has 2 rings (SSSR count). The Morgan fingerprint density at radius 1 is 1.57 bits per heavy atom. The molecule has 0 atom stereocenters. The van der Waals surface area contributed by atoms with Crippen molar-refractivity contribution in [2.24, 2.45) is 5.10 Å². The molecule has 23 heavy (non-hydrogen) atoms. The number of anilines is 1. The number of nitro benzene ring substituents is 1. The number of hydrogen-bond donors (Lipinski definition) is 3. The molecule has 0 aliphatic rings. The Hall–Kier alpha value is -2.95. The zero-order chi connectivity index (χ0) is 17.0. The van der Waals surface area contributed by atoms with Gasteiger partial charge in [0.2, 0.25) is 5.75 Å². The third-order valence-corrected chi connectivity index (χ3v) is 3.48. The van der Waals surface area contributed by atoms with E-state index in [1.54, 1.807) is 0 Å². The lowest BCUT2D eigenvalue weighted by atomic mass is 10.2. The number of hydrazone groups is 1. The van der Waals surface area contributed by atoms with Crippen LogP contribution >= 0.6 is 15.9 Å². The number of aromatic amines is 1. The largest absolute Gasteiger partial charge is 0.500 e. The van der Waals surface area contributed by atoms with E-state index in [-0.39, 0.29) is 10.2 Å². The maximum atomic E-state index is 11.3. The van der Waals surface area contributed by atoms with Crippen LogP contribution in [-0.4, -0.2) is 33.6 Å². The summed E-state index contributed by atoms with van der Waals surface area (Å²) >= 11 is 3.07. The van der Waals surface area contributed by atoms with Gasteiger partial charge < -0.3 is 9.84 Å². The van der Waals surface area contributed by atoms with Crippen LogP contribution in [0.15, 0.2) is 32.7 Å². The van der Waals surface area contributed by atoms with E-state index in [9.17, 15) is 20.0 Å². The van der Waals surface area contributed by atoms with Crippen molar-refractivity contribution in [1.82, 2.24) is 10.2 Å². The number of aromatic nitrogens is 2. The fourth-order valence-corrected chi connectivity index (χ4v) is 1.90. The molecule has 0 unspecified atom stereocenters. The van der Waals surface area contributed by atoms with Gasteiger partial charge in [-0.1, -0.05) is 0 Å². The van der Waals surface area contributed by atoms with E-state index in [1.165, 1.54) is 25.6 Å². The van der Waals surface area contributed by atoms with Crippen LogP contribution in [0, 0.1) is 10.1 Å². The predicted molar refractivity (Wildman–Crippen MR) is 85.1 cm³/mol. The molecule has 2 aromatic rings. The van der Waals surface area contributed by atoms with E-state index in [0.717, 1.165) is 6.07 Å². The van der Waals surface area contributed by atoms with Crippen molar-refractivity contribution in [3.63, 3.8) is 0 Å². The normalized spacial score (nSPS) is 10.7. The molecule has 0 spiro atoms. The minimum atomic E-state index is -0.736. The molecule has 11 heteroatoms. The third-order valence-electron chi connectivity index (χ3n) is 2.69. The molecular formula is C12H10BrN5O5. The van der Waals surface area contributed by atoms with Gasteiger partial charge in [-0.3, -0.25) is 20.3 Å². The molecule has 0 aliphatic carbocycles. The highest BCUT2D eigenvalue weighted by atomic mass is 79.9. The lowest BCUT2D eigenvalue weighted by molar-refractivity contribution is -0.386. The van der Waals surface area contributed by atoms with Crippen molar-refractivity contribution in [1.29, 1.82) is 0 Å². The van der Waals surface area contributed by atoms with Crippen LogP contribution in [0.3, 0.4) is 0 Å². The number of hydrogen-bond acceptors (Lipinski definition) is 8. The fourth-order valence-electron chi connectivity index (χ4n) is 1.62. The molecule has 0 fully saturated rings. The summed E-state index contributed by atoms with van der Waals surface area (Å²) in [6.45, 7) is 0. The minimum Gasteiger partial charge on any atom is -0.500 e. The topological polar surface area (TPSA) is 143 Å².